The summed E-state index contributed by atoms with van der Waals surface area (Å²) in [6.07, 6.45) is 9.20. The molecular weight excluding hydrogens is 311 g/mol. The normalized spacial score (nSPS) is 16.3. The van der Waals surface area contributed by atoms with Gasteiger partial charge in [-0.3, -0.25) is 9.78 Å². The van der Waals surface area contributed by atoms with Crippen molar-refractivity contribution in [3.63, 3.8) is 0 Å². The van der Waals surface area contributed by atoms with Crippen LogP contribution in [-0.2, 0) is 0 Å². The summed E-state index contributed by atoms with van der Waals surface area (Å²) in [6.45, 7) is 2.33. The Morgan fingerprint density at radius 1 is 1.29 bits per heavy atom. The van der Waals surface area contributed by atoms with Crippen LogP contribution >= 0.6 is 24.8 Å². The van der Waals surface area contributed by atoms with Crippen molar-refractivity contribution in [3.8, 4) is 0 Å². The van der Waals surface area contributed by atoms with Crippen LogP contribution in [0.15, 0.2) is 12.4 Å². The zero-order valence-electron chi connectivity index (χ0n) is 12.2. The largest absolute Gasteiger partial charge is 0.346 e. The van der Waals surface area contributed by atoms with Crippen molar-refractivity contribution >= 4 is 30.7 Å². The molecule has 1 saturated carbocycles. The quantitative estimate of drug-likeness (QED) is 0.884. The summed E-state index contributed by atoms with van der Waals surface area (Å²) < 4.78 is 0. The van der Waals surface area contributed by atoms with E-state index >= 15 is 0 Å². The minimum absolute atomic E-state index is 0. The fourth-order valence-electron chi connectivity index (χ4n) is 2.66. The monoisotopic (exact) mass is 334 g/mol. The van der Waals surface area contributed by atoms with Gasteiger partial charge in [0.2, 0.25) is 0 Å². The van der Waals surface area contributed by atoms with E-state index in [-0.39, 0.29) is 36.8 Å². The van der Waals surface area contributed by atoms with Gasteiger partial charge in [-0.15, -0.1) is 24.8 Å². The Labute approximate surface area is 138 Å². The number of amides is 1. The second kappa shape index (κ2) is 9.92. The third-order valence-corrected chi connectivity index (χ3v) is 3.80. The number of aromatic nitrogens is 2. The average Bonchev–Trinajstić information content (AvgIpc) is 2.46. The van der Waals surface area contributed by atoms with Gasteiger partial charge in [0.25, 0.3) is 5.91 Å². The molecule has 0 saturated heterocycles. The van der Waals surface area contributed by atoms with Gasteiger partial charge < -0.3 is 11.1 Å². The van der Waals surface area contributed by atoms with Crippen molar-refractivity contribution in [2.75, 3.05) is 6.54 Å². The van der Waals surface area contributed by atoms with E-state index in [0.29, 0.717) is 18.2 Å². The maximum absolute atomic E-state index is 12.1. The molecule has 1 aliphatic rings. The molecule has 0 bridgehead atoms. The predicted molar refractivity (Wildman–Crippen MR) is 88.1 cm³/mol. The molecule has 1 aromatic rings. The molecule has 0 aromatic carbocycles. The summed E-state index contributed by atoms with van der Waals surface area (Å²) in [5.74, 6) is 0.328. The Hall–Kier alpha value is -0.910. The Balaban J connectivity index is 0.00000200. The summed E-state index contributed by atoms with van der Waals surface area (Å²) >= 11 is 0. The highest BCUT2D eigenvalue weighted by molar-refractivity contribution is 5.92. The van der Waals surface area contributed by atoms with E-state index in [9.17, 15) is 4.79 Å². The average molecular weight is 335 g/mol. The van der Waals surface area contributed by atoms with Crippen molar-refractivity contribution in [1.82, 2.24) is 15.3 Å². The minimum atomic E-state index is -0.173. The number of hydrogen-bond donors (Lipinski definition) is 2. The molecule has 2 rings (SSSR count). The van der Waals surface area contributed by atoms with Crippen LogP contribution in [0.2, 0.25) is 0 Å². The van der Waals surface area contributed by atoms with E-state index in [4.69, 9.17) is 5.73 Å². The lowest BCUT2D eigenvalue weighted by Gasteiger charge is -2.29. The van der Waals surface area contributed by atoms with Crippen LogP contribution in [0.25, 0.3) is 0 Å². The lowest BCUT2D eigenvalue weighted by atomic mass is 9.84. The van der Waals surface area contributed by atoms with Gasteiger partial charge in [0.15, 0.2) is 0 Å². The van der Waals surface area contributed by atoms with E-state index in [2.05, 4.69) is 15.3 Å². The molecule has 3 N–H and O–H groups in total. The second-order valence-electron chi connectivity index (χ2n) is 5.26. The van der Waals surface area contributed by atoms with Crippen molar-refractivity contribution in [2.24, 2.45) is 11.7 Å². The summed E-state index contributed by atoms with van der Waals surface area (Å²) in [5, 5.41) is 3.01. The Morgan fingerprint density at radius 3 is 2.48 bits per heavy atom. The molecule has 0 spiro atoms. The fourth-order valence-corrected chi connectivity index (χ4v) is 2.66. The van der Waals surface area contributed by atoms with Gasteiger partial charge in [-0.2, -0.15) is 0 Å². The molecule has 7 heteroatoms. The molecule has 1 atom stereocenters. The van der Waals surface area contributed by atoms with Gasteiger partial charge in [0, 0.05) is 18.8 Å². The van der Waals surface area contributed by atoms with E-state index in [0.717, 1.165) is 18.5 Å². The molecule has 21 heavy (non-hydrogen) atoms. The fraction of sp³-hybridized carbons (Fsp3) is 0.643. The van der Waals surface area contributed by atoms with Gasteiger partial charge in [-0.1, -0.05) is 19.3 Å². The molecule has 0 aliphatic heterocycles. The first-order valence-electron chi connectivity index (χ1n) is 7.00. The number of nitrogens with two attached hydrogens (primary N) is 1. The number of carbonyl (C=O) groups is 1. The van der Waals surface area contributed by atoms with Gasteiger partial charge in [0.1, 0.15) is 5.69 Å². The number of nitrogens with zero attached hydrogens (tertiary/aromatic N) is 2. The lowest BCUT2D eigenvalue weighted by molar-refractivity contribution is 0.0910. The number of rotatable bonds is 4. The van der Waals surface area contributed by atoms with Gasteiger partial charge in [-0.25, -0.2) is 4.98 Å². The van der Waals surface area contributed by atoms with Crippen LogP contribution in [0.3, 0.4) is 0 Å². The Bertz CT molecular complexity index is 421. The first-order valence-corrected chi connectivity index (χ1v) is 7.00. The molecule has 1 heterocycles. The first-order chi connectivity index (χ1) is 9.20. The van der Waals surface area contributed by atoms with Crippen LogP contribution in [0.4, 0.5) is 0 Å². The topological polar surface area (TPSA) is 80.9 Å². The van der Waals surface area contributed by atoms with E-state index in [1.54, 1.807) is 6.20 Å². The highest BCUT2D eigenvalue weighted by Gasteiger charge is 2.24. The summed E-state index contributed by atoms with van der Waals surface area (Å²) in [6, 6.07) is 0.0518. The SMILES string of the molecule is Cc1cnc(C(=O)NC(CN)C2CCCCC2)cn1.Cl.Cl. The van der Waals surface area contributed by atoms with Crippen LogP contribution in [0.5, 0.6) is 0 Å². The maximum atomic E-state index is 12.1. The second-order valence-corrected chi connectivity index (χ2v) is 5.26. The standard InChI is InChI=1S/C14H22N4O.2ClH/c1-10-8-17-13(9-16-10)14(19)18-12(7-15)11-5-3-2-4-6-11;;/h8-9,11-12H,2-7,15H2,1H3,(H,18,19);2*1H. The summed E-state index contributed by atoms with van der Waals surface area (Å²) in [7, 11) is 0. The zero-order valence-corrected chi connectivity index (χ0v) is 13.9. The minimum Gasteiger partial charge on any atom is -0.346 e. The third kappa shape index (κ3) is 5.77. The van der Waals surface area contributed by atoms with E-state index < -0.39 is 0 Å². The molecular formula is C14H24Cl2N4O. The maximum Gasteiger partial charge on any atom is 0.271 e. The molecule has 1 aromatic heterocycles. The highest BCUT2D eigenvalue weighted by atomic mass is 35.5. The molecule has 1 fully saturated rings. The first kappa shape index (κ1) is 20.1. The molecule has 1 amide bonds. The number of carbonyl (C=O) groups excluding carboxylic acids is 1. The van der Waals surface area contributed by atoms with Crippen LogP contribution in [0, 0.1) is 12.8 Å². The van der Waals surface area contributed by atoms with Crippen molar-refractivity contribution in [3.05, 3.63) is 23.8 Å². The third-order valence-electron chi connectivity index (χ3n) is 3.80. The summed E-state index contributed by atoms with van der Waals surface area (Å²) in [5.41, 5.74) is 6.97. The predicted octanol–water partition coefficient (Wildman–Crippen LogP) is 2.27. The Kier molecular flexibility index (Phi) is 9.49. The van der Waals surface area contributed by atoms with E-state index in [1.165, 1.54) is 25.5 Å². The Morgan fingerprint density at radius 2 is 1.95 bits per heavy atom. The van der Waals surface area contributed by atoms with Crippen LogP contribution in [-0.4, -0.2) is 28.5 Å². The number of halogens is 2. The van der Waals surface area contributed by atoms with Crippen LogP contribution in [0.1, 0.15) is 48.3 Å². The molecule has 120 valence electrons. The molecule has 1 unspecified atom stereocenters. The zero-order chi connectivity index (χ0) is 13.7. The number of aryl methyl sites for hydroxylation is 1. The number of hydrogen-bond acceptors (Lipinski definition) is 4. The molecule has 5 nitrogen and oxygen atoms in total. The summed E-state index contributed by atoms with van der Waals surface area (Å²) in [4.78, 5) is 20.3. The van der Waals surface area contributed by atoms with Crippen molar-refractivity contribution in [1.29, 1.82) is 0 Å². The molecule has 0 radical (unpaired) electrons. The van der Waals surface area contributed by atoms with Gasteiger partial charge >= 0.3 is 0 Å². The van der Waals surface area contributed by atoms with Crippen LogP contribution < -0.4 is 11.1 Å². The van der Waals surface area contributed by atoms with Crippen molar-refractivity contribution < 1.29 is 4.79 Å². The highest BCUT2D eigenvalue weighted by Crippen LogP contribution is 2.26. The van der Waals surface area contributed by atoms with E-state index in [1.807, 2.05) is 6.92 Å². The lowest BCUT2D eigenvalue weighted by Crippen LogP contribution is -2.46. The molecule has 1 aliphatic carbocycles. The van der Waals surface area contributed by atoms with Gasteiger partial charge in [-0.05, 0) is 25.7 Å². The number of nitrogens with one attached hydrogen (secondary N) is 1. The smallest absolute Gasteiger partial charge is 0.271 e. The van der Waals surface area contributed by atoms with Crippen molar-refractivity contribution in [2.45, 2.75) is 45.1 Å². The van der Waals surface area contributed by atoms with Gasteiger partial charge in [0.05, 0.1) is 11.9 Å².